The average Bonchev–Trinajstić information content (AvgIpc) is 2.62. The van der Waals surface area contributed by atoms with Gasteiger partial charge in [0.05, 0.1) is 19.3 Å². The predicted molar refractivity (Wildman–Crippen MR) is 51.5 cm³/mol. The van der Waals surface area contributed by atoms with Crippen LogP contribution in [-0.2, 0) is 22.6 Å². The molecule has 0 saturated heterocycles. The van der Waals surface area contributed by atoms with Crippen LogP contribution in [0.15, 0.2) is 6.20 Å². The van der Waals surface area contributed by atoms with Crippen molar-refractivity contribution < 1.29 is 19.4 Å². The highest BCUT2D eigenvalue weighted by Gasteiger charge is 2.06. The molecular formula is C8H12N4O4. The SMILES string of the molecule is CCOC(=O)NCc1cn(CC(=O)O)nn1. The van der Waals surface area contributed by atoms with E-state index in [4.69, 9.17) is 5.11 Å². The Labute approximate surface area is 91.2 Å². The van der Waals surface area contributed by atoms with Gasteiger partial charge in [-0.05, 0) is 6.92 Å². The molecule has 1 amide bonds. The molecule has 0 fully saturated rings. The number of carbonyl (C=O) groups is 2. The zero-order valence-corrected chi connectivity index (χ0v) is 8.71. The lowest BCUT2D eigenvalue weighted by atomic mass is 10.5. The second-order valence-electron chi connectivity index (χ2n) is 2.88. The van der Waals surface area contributed by atoms with Crippen LogP contribution in [0.25, 0.3) is 0 Å². The fourth-order valence-corrected chi connectivity index (χ4v) is 0.980. The molecule has 0 aliphatic carbocycles. The van der Waals surface area contributed by atoms with E-state index < -0.39 is 12.1 Å². The van der Waals surface area contributed by atoms with Crippen LogP contribution in [0.1, 0.15) is 12.6 Å². The third kappa shape index (κ3) is 3.95. The summed E-state index contributed by atoms with van der Waals surface area (Å²) in [5.74, 6) is -1.00. The van der Waals surface area contributed by atoms with Gasteiger partial charge in [-0.2, -0.15) is 0 Å². The number of hydrogen-bond donors (Lipinski definition) is 2. The van der Waals surface area contributed by atoms with Crippen molar-refractivity contribution in [3.8, 4) is 0 Å². The van der Waals surface area contributed by atoms with Gasteiger partial charge in [-0.1, -0.05) is 5.21 Å². The molecule has 0 aliphatic heterocycles. The lowest BCUT2D eigenvalue weighted by Crippen LogP contribution is -2.23. The van der Waals surface area contributed by atoms with Gasteiger partial charge in [-0.15, -0.1) is 5.10 Å². The highest BCUT2D eigenvalue weighted by molar-refractivity contribution is 5.67. The van der Waals surface area contributed by atoms with E-state index in [0.717, 1.165) is 0 Å². The van der Waals surface area contributed by atoms with E-state index in [9.17, 15) is 9.59 Å². The van der Waals surface area contributed by atoms with Crippen molar-refractivity contribution in [2.75, 3.05) is 6.61 Å². The summed E-state index contributed by atoms with van der Waals surface area (Å²) in [7, 11) is 0. The van der Waals surface area contributed by atoms with Crippen LogP contribution in [-0.4, -0.2) is 38.8 Å². The normalized spacial score (nSPS) is 9.81. The van der Waals surface area contributed by atoms with Crippen molar-refractivity contribution in [2.24, 2.45) is 0 Å². The number of aromatic nitrogens is 3. The molecule has 1 heterocycles. The van der Waals surface area contributed by atoms with E-state index in [-0.39, 0.29) is 19.7 Å². The van der Waals surface area contributed by atoms with Crippen molar-refractivity contribution in [1.29, 1.82) is 0 Å². The summed E-state index contributed by atoms with van der Waals surface area (Å²) in [5.41, 5.74) is 0.467. The zero-order valence-electron chi connectivity index (χ0n) is 8.71. The zero-order chi connectivity index (χ0) is 12.0. The van der Waals surface area contributed by atoms with Crippen molar-refractivity contribution >= 4 is 12.1 Å². The van der Waals surface area contributed by atoms with Gasteiger partial charge in [0.15, 0.2) is 0 Å². The minimum Gasteiger partial charge on any atom is -0.480 e. The number of nitrogens with one attached hydrogen (secondary N) is 1. The topological polar surface area (TPSA) is 106 Å². The number of alkyl carbamates (subject to hydrolysis) is 1. The van der Waals surface area contributed by atoms with Gasteiger partial charge in [0.2, 0.25) is 0 Å². The molecule has 16 heavy (non-hydrogen) atoms. The maximum atomic E-state index is 10.9. The summed E-state index contributed by atoms with van der Waals surface area (Å²) in [4.78, 5) is 21.3. The van der Waals surface area contributed by atoms with Gasteiger partial charge in [0.25, 0.3) is 0 Å². The van der Waals surface area contributed by atoms with Crippen LogP contribution < -0.4 is 5.32 Å². The second-order valence-corrected chi connectivity index (χ2v) is 2.88. The van der Waals surface area contributed by atoms with E-state index in [0.29, 0.717) is 5.69 Å². The number of ether oxygens (including phenoxy) is 1. The number of amides is 1. The summed E-state index contributed by atoms with van der Waals surface area (Å²) >= 11 is 0. The van der Waals surface area contributed by atoms with Gasteiger partial charge in [0.1, 0.15) is 12.2 Å². The van der Waals surface area contributed by atoms with Gasteiger partial charge in [-0.3, -0.25) is 4.79 Å². The lowest BCUT2D eigenvalue weighted by molar-refractivity contribution is -0.137. The smallest absolute Gasteiger partial charge is 0.407 e. The van der Waals surface area contributed by atoms with Crippen molar-refractivity contribution in [3.05, 3.63) is 11.9 Å². The van der Waals surface area contributed by atoms with Crippen LogP contribution in [0.4, 0.5) is 4.79 Å². The molecule has 2 N–H and O–H groups in total. The molecule has 0 atom stereocenters. The van der Waals surface area contributed by atoms with E-state index in [2.05, 4.69) is 20.4 Å². The number of rotatable bonds is 5. The van der Waals surface area contributed by atoms with Gasteiger partial charge in [-0.25, -0.2) is 9.48 Å². The largest absolute Gasteiger partial charge is 0.480 e. The molecule has 0 aliphatic rings. The number of nitrogens with zero attached hydrogens (tertiary/aromatic N) is 3. The number of carboxylic acid groups (broad SMARTS) is 1. The minimum absolute atomic E-state index is 0.151. The first-order valence-corrected chi connectivity index (χ1v) is 4.63. The molecule has 0 saturated carbocycles. The molecule has 1 aromatic rings. The molecule has 1 rings (SSSR count). The van der Waals surface area contributed by atoms with E-state index in [1.165, 1.54) is 10.9 Å². The first-order chi connectivity index (χ1) is 7.61. The monoisotopic (exact) mass is 228 g/mol. The summed E-state index contributed by atoms with van der Waals surface area (Å²) in [6, 6.07) is 0. The van der Waals surface area contributed by atoms with Crippen molar-refractivity contribution in [3.63, 3.8) is 0 Å². The fourth-order valence-electron chi connectivity index (χ4n) is 0.980. The molecule has 0 unspecified atom stereocenters. The van der Waals surface area contributed by atoms with Crippen molar-refractivity contribution in [1.82, 2.24) is 20.3 Å². The molecule has 0 bridgehead atoms. The summed E-state index contributed by atoms with van der Waals surface area (Å²) in [6.07, 6.45) is 0.899. The maximum absolute atomic E-state index is 10.9. The lowest BCUT2D eigenvalue weighted by Gasteiger charge is -2.01. The Kier molecular flexibility index (Phi) is 4.25. The van der Waals surface area contributed by atoms with Gasteiger partial charge in [0, 0.05) is 0 Å². The molecule has 0 aromatic carbocycles. The molecule has 0 spiro atoms. The predicted octanol–water partition coefficient (Wildman–Crippen LogP) is -0.391. The Morgan fingerprint density at radius 1 is 1.62 bits per heavy atom. The van der Waals surface area contributed by atoms with Gasteiger partial charge < -0.3 is 15.2 Å². The van der Waals surface area contributed by atoms with E-state index in [1.54, 1.807) is 6.92 Å². The Hall–Kier alpha value is -2.12. The highest BCUT2D eigenvalue weighted by atomic mass is 16.5. The first-order valence-electron chi connectivity index (χ1n) is 4.63. The molecule has 88 valence electrons. The van der Waals surface area contributed by atoms with Crippen LogP contribution in [0.2, 0.25) is 0 Å². The van der Waals surface area contributed by atoms with Crippen LogP contribution >= 0.6 is 0 Å². The molecule has 0 radical (unpaired) electrons. The third-order valence-corrected chi connectivity index (χ3v) is 1.57. The Morgan fingerprint density at radius 2 is 2.38 bits per heavy atom. The average molecular weight is 228 g/mol. The maximum Gasteiger partial charge on any atom is 0.407 e. The van der Waals surface area contributed by atoms with E-state index in [1.807, 2.05) is 0 Å². The van der Waals surface area contributed by atoms with E-state index >= 15 is 0 Å². The quantitative estimate of drug-likeness (QED) is 0.710. The van der Waals surface area contributed by atoms with Crippen LogP contribution in [0.3, 0.4) is 0 Å². The standard InChI is InChI=1S/C8H12N4O4/c1-2-16-8(15)9-3-6-4-12(11-10-6)5-7(13)14/h4H,2-3,5H2,1H3,(H,9,15)(H,13,14). The summed E-state index contributed by atoms with van der Waals surface area (Å²) in [5, 5.41) is 18.2. The number of carboxylic acids is 1. The first kappa shape index (κ1) is 12.0. The molecule has 1 aromatic heterocycles. The molecule has 8 heteroatoms. The molecule has 8 nitrogen and oxygen atoms in total. The number of aliphatic carboxylic acids is 1. The van der Waals surface area contributed by atoms with Gasteiger partial charge >= 0.3 is 12.1 Å². The minimum atomic E-state index is -1.00. The fraction of sp³-hybridized carbons (Fsp3) is 0.500. The Balaban J connectivity index is 2.40. The molecular weight excluding hydrogens is 216 g/mol. The second kappa shape index (κ2) is 5.69. The summed E-state index contributed by atoms with van der Waals surface area (Å²) < 4.78 is 5.81. The third-order valence-electron chi connectivity index (χ3n) is 1.57. The highest BCUT2D eigenvalue weighted by Crippen LogP contribution is 1.93. The number of hydrogen-bond acceptors (Lipinski definition) is 5. The van der Waals surface area contributed by atoms with Crippen molar-refractivity contribution in [2.45, 2.75) is 20.0 Å². The Morgan fingerprint density at radius 3 is 3.00 bits per heavy atom. The summed E-state index contributed by atoms with van der Waals surface area (Å²) in [6.45, 7) is 1.88. The number of carbonyl (C=O) groups excluding carboxylic acids is 1. The van der Waals surface area contributed by atoms with Crippen LogP contribution in [0, 0.1) is 0 Å². The van der Waals surface area contributed by atoms with Crippen LogP contribution in [0.5, 0.6) is 0 Å². The Bertz CT molecular complexity index is 376.